The van der Waals surface area contributed by atoms with Crippen molar-refractivity contribution in [1.29, 1.82) is 0 Å². The zero-order chi connectivity index (χ0) is 16.5. The van der Waals surface area contributed by atoms with Crippen molar-refractivity contribution >= 4 is 34.8 Å². The first-order valence-electron chi connectivity index (χ1n) is 8.50. The molecule has 2 N–H and O–H groups in total. The van der Waals surface area contributed by atoms with Crippen LogP contribution in [-0.4, -0.2) is 39.8 Å². The lowest BCUT2D eigenvalue weighted by Crippen LogP contribution is -2.50. The van der Waals surface area contributed by atoms with Crippen LogP contribution in [0.3, 0.4) is 0 Å². The maximum absolute atomic E-state index is 13.1. The normalized spacial score (nSPS) is 20.2. The molecule has 134 valence electrons. The smallest absolute Gasteiger partial charge is 0.240 e. The van der Waals surface area contributed by atoms with E-state index in [1.165, 1.54) is 22.5 Å². The van der Waals surface area contributed by atoms with Gasteiger partial charge in [0.15, 0.2) is 5.13 Å². The Morgan fingerprint density at radius 1 is 1.24 bits per heavy atom. The molecule has 1 aromatic heterocycles. The van der Waals surface area contributed by atoms with E-state index in [9.17, 15) is 4.79 Å². The fraction of sp³-hybridized carbons (Fsp3) is 0.444. The topological polar surface area (TPSA) is 62.5 Å². The predicted molar refractivity (Wildman–Crippen MR) is 103 cm³/mol. The molecule has 5 nitrogen and oxygen atoms in total. The number of anilines is 1. The number of nitrogens with two attached hydrogens (primary N) is 1. The first kappa shape index (κ1) is 18.2. The van der Waals surface area contributed by atoms with Gasteiger partial charge in [0.2, 0.25) is 5.91 Å². The largest absolute Gasteiger partial charge is 0.375 e. The van der Waals surface area contributed by atoms with E-state index in [0.717, 1.165) is 50.3 Å². The Labute approximate surface area is 158 Å². The van der Waals surface area contributed by atoms with Gasteiger partial charge in [-0.1, -0.05) is 24.3 Å². The van der Waals surface area contributed by atoms with Gasteiger partial charge in [-0.25, -0.2) is 4.98 Å². The second kappa shape index (κ2) is 7.72. The second-order valence-electron chi connectivity index (χ2n) is 6.59. The number of rotatable bonds is 3. The average molecular weight is 379 g/mol. The molecule has 1 fully saturated rings. The number of nitrogen functional groups attached to an aromatic ring is 1. The third-order valence-corrected chi connectivity index (χ3v) is 5.79. The highest BCUT2D eigenvalue weighted by Gasteiger charge is 2.35. The summed E-state index contributed by atoms with van der Waals surface area (Å²) >= 11 is 1.51. The zero-order valence-electron chi connectivity index (χ0n) is 14.1. The van der Waals surface area contributed by atoms with E-state index in [1.54, 1.807) is 0 Å². The maximum atomic E-state index is 13.1. The van der Waals surface area contributed by atoms with E-state index < -0.39 is 0 Å². The number of aromatic nitrogens is 1. The summed E-state index contributed by atoms with van der Waals surface area (Å²) in [6, 6.07) is 8.38. The number of fused-ring (bicyclic) bond motifs is 1. The predicted octanol–water partition coefficient (Wildman–Crippen LogP) is 2.70. The number of amides is 1. The summed E-state index contributed by atoms with van der Waals surface area (Å²) in [6.45, 7) is 3.34. The first-order valence-corrected chi connectivity index (χ1v) is 9.32. The van der Waals surface area contributed by atoms with Crippen molar-refractivity contribution in [3.8, 4) is 0 Å². The van der Waals surface area contributed by atoms with Crippen LogP contribution in [0.2, 0.25) is 0 Å². The van der Waals surface area contributed by atoms with Gasteiger partial charge in [-0.2, -0.15) is 0 Å². The van der Waals surface area contributed by atoms with Gasteiger partial charge in [-0.05, 0) is 30.4 Å². The highest BCUT2D eigenvalue weighted by molar-refractivity contribution is 7.15. The summed E-state index contributed by atoms with van der Waals surface area (Å²) in [5, 5.41) is 0.588. The lowest BCUT2D eigenvalue weighted by Gasteiger charge is -2.37. The van der Waals surface area contributed by atoms with E-state index in [2.05, 4.69) is 34.1 Å². The van der Waals surface area contributed by atoms with Crippen molar-refractivity contribution in [3.05, 3.63) is 46.5 Å². The SMILES string of the molecule is Cl.Nc1ncc(CN2Cc3ccccc3CC2C(=O)N2CCCC2)s1. The highest BCUT2D eigenvalue weighted by Crippen LogP contribution is 2.28. The first-order chi connectivity index (χ1) is 11.7. The summed E-state index contributed by atoms with van der Waals surface area (Å²) in [5.41, 5.74) is 8.39. The molecule has 1 amide bonds. The number of hydrogen-bond acceptors (Lipinski definition) is 5. The van der Waals surface area contributed by atoms with Crippen molar-refractivity contribution in [2.45, 2.75) is 38.4 Å². The van der Waals surface area contributed by atoms with Gasteiger partial charge in [0.1, 0.15) is 0 Å². The lowest BCUT2D eigenvalue weighted by molar-refractivity contribution is -0.136. The highest BCUT2D eigenvalue weighted by atomic mass is 35.5. The molecule has 2 aliphatic heterocycles. The van der Waals surface area contributed by atoms with E-state index in [-0.39, 0.29) is 24.4 Å². The van der Waals surface area contributed by atoms with E-state index in [1.807, 2.05) is 11.1 Å². The van der Waals surface area contributed by atoms with Crippen LogP contribution in [0.15, 0.2) is 30.5 Å². The molecular formula is C18H23ClN4OS. The Kier molecular flexibility index (Phi) is 5.61. The van der Waals surface area contributed by atoms with Crippen molar-refractivity contribution in [2.24, 2.45) is 0 Å². The quantitative estimate of drug-likeness (QED) is 0.891. The summed E-state index contributed by atoms with van der Waals surface area (Å²) in [5.74, 6) is 0.277. The average Bonchev–Trinajstić information content (AvgIpc) is 3.25. The van der Waals surface area contributed by atoms with Gasteiger partial charge in [0, 0.05) is 37.3 Å². The number of hydrogen-bond donors (Lipinski definition) is 1. The molecule has 0 spiro atoms. The Morgan fingerprint density at radius 2 is 1.96 bits per heavy atom. The lowest BCUT2D eigenvalue weighted by atomic mass is 9.93. The molecule has 2 aliphatic rings. The van der Waals surface area contributed by atoms with Crippen LogP contribution in [0.25, 0.3) is 0 Å². The van der Waals surface area contributed by atoms with Crippen molar-refractivity contribution in [1.82, 2.24) is 14.8 Å². The minimum atomic E-state index is -0.0821. The number of carbonyl (C=O) groups is 1. The molecule has 2 aromatic rings. The number of halogens is 1. The number of benzene rings is 1. The van der Waals surface area contributed by atoms with Crippen molar-refractivity contribution in [3.63, 3.8) is 0 Å². The Bertz CT molecular complexity index is 744. The molecule has 1 unspecified atom stereocenters. The Hall–Kier alpha value is -1.63. The van der Waals surface area contributed by atoms with Crippen LogP contribution < -0.4 is 5.73 Å². The van der Waals surface area contributed by atoms with Crippen LogP contribution in [0.1, 0.15) is 28.8 Å². The Morgan fingerprint density at radius 3 is 2.64 bits per heavy atom. The van der Waals surface area contributed by atoms with Gasteiger partial charge >= 0.3 is 0 Å². The third-order valence-electron chi connectivity index (χ3n) is 4.98. The molecule has 0 radical (unpaired) electrons. The van der Waals surface area contributed by atoms with Gasteiger partial charge in [0.05, 0.1) is 6.04 Å². The monoisotopic (exact) mass is 378 g/mol. The maximum Gasteiger partial charge on any atom is 0.240 e. The van der Waals surface area contributed by atoms with Gasteiger partial charge in [0.25, 0.3) is 0 Å². The number of thiazole rings is 1. The zero-order valence-corrected chi connectivity index (χ0v) is 15.7. The molecule has 25 heavy (non-hydrogen) atoms. The standard InChI is InChI=1S/C18H22N4OS.ClH/c19-18-20-10-15(24-18)12-22-11-14-6-2-1-5-13(14)9-16(22)17(23)21-7-3-4-8-21;/h1-2,5-6,10,16H,3-4,7-9,11-12H2,(H2,19,20);1H. The summed E-state index contributed by atoms with van der Waals surface area (Å²) in [7, 11) is 0. The Balaban J connectivity index is 0.00000182. The molecule has 1 atom stereocenters. The van der Waals surface area contributed by atoms with E-state index >= 15 is 0 Å². The van der Waals surface area contributed by atoms with Gasteiger partial charge in [-0.15, -0.1) is 23.7 Å². The van der Waals surface area contributed by atoms with Crippen LogP contribution >= 0.6 is 23.7 Å². The second-order valence-corrected chi connectivity index (χ2v) is 7.74. The van der Waals surface area contributed by atoms with Crippen LogP contribution in [-0.2, 0) is 24.3 Å². The minimum absolute atomic E-state index is 0. The molecule has 1 aromatic carbocycles. The molecule has 4 rings (SSSR count). The van der Waals surface area contributed by atoms with Crippen LogP contribution in [0.4, 0.5) is 5.13 Å². The summed E-state index contributed by atoms with van der Waals surface area (Å²) in [6.07, 6.45) is 4.87. The van der Waals surface area contributed by atoms with E-state index in [0.29, 0.717) is 5.13 Å². The summed E-state index contributed by atoms with van der Waals surface area (Å²) < 4.78 is 0. The van der Waals surface area contributed by atoms with Crippen LogP contribution in [0, 0.1) is 0 Å². The molecule has 0 bridgehead atoms. The molecule has 3 heterocycles. The summed E-state index contributed by atoms with van der Waals surface area (Å²) in [4.78, 5) is 22.7. The molecular weight excluding hydrogens is 356 g/mol. The van der Waals surface area contributed by atoms with Gasteiger partial charge < -0.3 is 10.6 Å². The number of likely N-dealkylation sites (tertiary alicyclic amines) is 1. The number of nitrogens with zero attached hydrogens (tertiary/aromatic N) is 3. The molecule has 0 aliphatic carbocycles. The van der Waals surface area contributed by atoms with Crippen LogP contribution in [0.5, 0.6) is 0 Å². The third kappa shape index (κ3) is 3.81. The molecule has 0 saturated carbocycles. The minimum Gasteiger partial charge on any atom is -0.375 e. The fourth-order valence-electron chi connectivity index (χ4n) is 3.73. The van der Waals surface area contributed by atoms with Crippen molar-refractivity contribution in [2.75, 3.05) is 18.8 Å². The number of carbonyl (C=O) groups excluding carboxylic acids is 1. The molecule has 1 saturated heterocycles. The van der Waals surface area contributed by atoms with E-state index in [4.69, 9.17) is 5.73 Å². The molecule has 7 heteroatoms. The van der Waals surface area contributed by atoms with Crippen molar-refractivity contribution < 1.29 is 4.79 Å². The van der Waals surface area contributed by atoms with Gasteiger partial charge in [-0.3, -0.25) is 9.69 Å². The fourth-order valence-corrected chi connectivity index (χ4v) is 4.44.